The number of aryl methyl sites for hydroxylation is 1. The number of hydrogen-bond acceptors (Lipinski definition) is 1. The zero-order valence-electron chi connectivity index (χ0n) is 12.3. The minimum atomic E-state index is 0.953. The second-order valence-corrected chi connectivity index (χ2v) is 5.93. The Morgan fingerprint density at radius 2 is 1.41 bits per heavy atom. The van der Waals surface area contributed by atoms with Gasteiger partial charge in [-0.1, -0.05) is 60.2 Å². The summed E-state index contributed by atoms with van der Waals surface area (Å²) in [6.45, 7) is 2.14. The zero-order chi connectivity index (χ0) is 14.7. The average molecular weight is 282 g/mol. The molecule has 0 radical (unpaired) electrons. The van der Waals surface area contributed by atoms with Crippen molar-refractivity contribution in [3.8, 4) is 0 Å². The maximum Gasteiger partial charge on any atom is 0.136 e. The van der Waals surface area contributed by atoms with Crippen LogP contribution in [0.4, 0.5) is 0 Å². The lowest BCUT2D eigenvalue weighted by Gasteiger charge is -2.06. The summed E-state index contributed by atoms with van der Waals surface area (Å²) in [6.07, 6.45) is 0. The summed E-state index contributed by atoms with van der Waals surface area (Å²) in [6, 6.07) is 23.6. The summed E-state index contributed by atoms with van der Waals surface area (Å²) in [5.41, 5.74) is 3.20. The minimum Gasteiger partial charge on any atom is -0.456 e. The highest BCUT2D eigenvalue weighted by Gasteiger charge is 2.12. The molecule has 5 aromatic rings. The van der Waals surface area contributed by atoms with Gasteiger partial charge in [0.1, 0.15) is 11.2 Å². The molecule has 0 aliphatic carbocycles. The Balaban J connectivity index is 2.17. The fourth-order valence-corrected chi connectivity index (χ4v) is 3.47. The first kappa shape index (κ1) is 11.8. The number of rotatable bonds is 0. The molecule has 104 valence electrons. The van der Waals surface area contributed by atoms with E-state index < -0.39 is 0 Å². The number of benzene rings is 4. The quantitative estimate of drug-likeness (QED) is 0.308. The van der Waals surface area contributed by atoms with E-state index in [0.717, 1.165) is 11.2 Å². The fourth-order valence-electron chi connectivity index (χ4n) is 3.47. The van der Waals surface area contributed by atoms with E-state index in [2.05, 4.69) is 61.5 Å². The largest absolute Gasteiger partial charge is 0.456 e. The topological polar surface area (TPSA) is 13.1 Å². The van der Waals surface area contributed by atoms with Gasteiger partial charge in [-0.15, -0.1) is 0 Å². The van der Waals surface area contributed by atoms with Crippen LogP contribution in [0.25, 0.3) is 43.5 Å². The molecule has 5 rings (SSSR count). The Labute approximate surface area is 127 Å². The molecule has 0 unspecified atom stereocenters. The van der Waals surface area contributed by atoms with Gasteiger partial charge in [0, 0.05) is 16.2 Å². The van der Waals surface area contributed by atoms with Crippen LogP contribution in [0.15, 0.2) is 71.1 Å². The van der Waals surface area contributed by atoms with E-state index in [0.29, 0.717) is 0 Å². The smallest absolute Gasteiger partial charge is 0.136 e. The van der Waals surface area contributed by atoms with Gasteiger partial charge in [-0.3, -0.25) is 0 Å². The third-order valence-corrected chi connectivity index (χ3v) is 4.50. The molecule has 1 nitrogen and oxygen atoms in total. The second-order valence-electron chi connectivity index (χ2n) is 5.93. The molecule has 1 heterocycles. The van der Waals surface area contributed by atoms with Crippen LogP contribution in [-0.2, 0) is 0 Å². The van der Waals surface area contributed by atoms with Gasteiger partial charge in [-0.05, 0) is 35.2 Å². The van der Waals surface area contributed by atoms with Crippen LogP contribution in [0.1, 0.15) is 5.56 Å². The van der Waals surface area contributed by atoms with E-state index in [1.807, 2.05) is 12.1 Å². The minimum absolute atomic E-state index is 0.953. The molecule has 1 aromatic heterocycles. The lowest BCUT2D eigenvalue weighted by Crippen LogP contribution is -1.81. The molecule has 4 aromatic carbocycles. The van der Waals surface area contributed by atoms with E-state index in [9.17, 15) is 0 Å². The van der Waals surface area contributed by atoms with Gasteiger partial charge >= 0.3 is 0 Å². The molecule has 1 heteroatoms. The fraction of sp³-hybridized carbons (Fsp3) is 0.0476. The van der Waals surface area contributed by atoms with Crippen molar-refractivity contribution < 1.29 is 4.42 Å². The molecule has 0 saturated carbocycles. The first-order valence-corrected chi connectivity index (χ1v) is 7.54. The second kappa shape index (κ2) is 4.11. The maximum absolute atomic E-state index is 6.04. The molecule has 0 saturated heterocycles. The Kier molecular flexibility index (Phi) is 2.21. The molecular weight excluding hydrogens is 268 g/mol. The molecule has 0 aliphatic heterocycles. The molecule has 0 amide bonds. The molecule has 0 bridgehead atoms. The van der Waals surface area contributed by atoms with Crippen molar-refractivity contribution in [1.82, 2.24) is 0 Å². The number of fused-ring (bicyclic) bond motifs is 7. The normalized spacial score (nSPS) is 11.9. The van der Waals surface area contributed by atoms with E-state index in [1.165, 1.54) is 37.9 Å². The van der Waals surface area contributed by atoms with E-state index >= 15 is 0 Å². The van der Waals surface area contributed by atoms with Gasteiger partial charge in [-0.2, -0.15) is 0 Å². The summed E-state index contributed by atoms with van der Waals surface area (Å²) in [5.74, 6) is 0. The average Bonchev–Trinajstić information content (AvgIpc) is 2.93. The third kappa shape index (κ3) is 1.48. The Morgan fingerprint density at radius 1 is 0.636 bits per heavy atom. The molecule has 0 N–H and O–H groups in total. The van der Waals surface area contributed by atoms with Crippen LogP contribution in [0, 0.1) is 6.92 Å². The van der Waals surface area contributed by atoms with E-state index in [-0.39, 0.29) is 0 Å². The summed E-state index contributed by atoms with van der Waals surface area (Å²) < 4.78 is 6.04. The molecule has 0 aliphatic rings. The molecule has 0 spiro atoms. The van der Waals surface area contributed by atoms with Crippen LogP contribution in [0.3, 0.4) is 0 Å². The van der Waals surface area contributed by atoms with Crippen LogP contribution in [0.2, 0.25) is 0 Å². The van der Waals surface area contributed by atoms with Gasteiger partial charge in [0.2, 0.25) is 0 Å². The van der Waals surface area contributed by atoms with Gasteiger partial charge in [0.25, 0.3) is 0 Å². The molecule has 0 atom stereocenters. The van der Waals surface area contributed by atoms with Crippen molar-refractivity contribution in [2.24, 2.45) is 0 Å². The van der Waals surface area contributed by atoms with Crippen LogP contribution in [0.5, 0.6) is 0 Å². The van der Waals surface area contributed by atoms with E-state index in [1.54, 1.807) is 0 Å². The Hall–Kier alpha value is -2.80. The van der Waals surface area contributed by atoms with Crippen LogP contribution in [-0.4, -0.2) is 0 Å². The van der Waals surface area contributed by atoms with Crippen LogP contribution >= 0.6 is 0 Å². The van der Waals surface area contributed by atoms with Gasteiger partial charge < -0.3 is 4.42 Å². The van der Waals surface area contributed by atoms with E-state index in [4.69, 9.17) is 4.42 Å². The van der Waals surface area contributed by atoms with Crippen molar-refractivity contribution in [2.75, 3.05) is 0 Å². The van der Waals surface area contributed by atoms with Crippen LogP contribution < -0.4 is 0 Å². The predicted molar refractivity (Wildman–Crippen MR) is 93.5 cm³/mol. The SMILES string of the molecule is Cc1ccc2ccc3ccc4oc5ccccc5c4c3c2c1. The molecule has 22 heavy (non-hydrogen) atoms. The molecular formula is C21H14O. The predicted octanol–water partition coefficient (Wildman–Crippen LogP) is 6.20. The van der Waals surface area contributed by atoms with Gasteiger partial charge in [0.05, 0.1) is 0 Å². The maximum atomic E-state index is 6.04. The van der Waals surface area contributed by atoms with Gasteiger partial charge in [0.15, 0.2) is 0 Å². The first-order chi connectivity index (χ1) is 10.8. The van der Waals surface area contributed by atoms with Crippen molar-refractivity contribution in [3.05, 3.63) is 72.3 Å². The van der Waals surface area contributed by atoms with Crippen molar-refractivity contribution >= 4 is 43.5 Å². The number of hydrogen-bond donors (Lipinski definition) is 0. The summed E-state index contributed by atoms with van der Waals surface area (Å²) >= 11 is 0. The summed E-state index contributed by atoms with van der Waals surface area (Å²) in [4.78, 5) is 0. The highest BCUT2D eigenvalue weighted by atomic mass is 16.3. The highest BCUT2D eigenvalue weighted by molar-refractivity contribution is 6.26. The molecule has 0 fully saturated rings. The standard InChI is InChI=1S/C21H14O/c1-13-6-7-14-8-9-15-10-11-19-21(20(15)17(14)12-13)16-4-2-3-5-18(16)22-19/h2-12H,1H3. The Bertz CT molecular complexity index is 1180. The first-order valence-electron chi connectivity index (χ1n) is 7.54. The van der Waals surface area contributed by atoms with Crippen molar-refractivity contribution in [2.45, 2.75) is 6.92 Å². The van der Waals surface area contributed by atoms with Crippen molar-refractivity contribution in [1.29, 1.82) is 0 Å². The number of para-hydroxylation sites is 1. The lowest BCUT2D eigenvalue weighted by atomic mass is 9.96. The van der Waals surface area contributed by atoms with Crippen molar-refractivity contribution in [3.63, 3.8) is 0 Å². The summed E-state index contributed by atoms with van der Waals surface area (Å²) in [7, 11) is 0. The number of furan rings is 1. The monoisotopic (exact) mass is 282 g/mol. The van der Waals surface area contributed by atoms with Gasteiger partial charge in [-0.25, -0.2) is 0 Å². The lowest BCUT2D eigenvalue weighted by molar-refractivity contribution is 0.669. The summed E-state index contributed by atoms with van der Waals surface area (Å²) in [5, 5.41) is 7.55. The Morgan fingerprint density at radius 3 is 2.36 bits per heavy atom. The zero-order valence-corrected chi connectivity index (χ0v) is 12.3. The third-order valence-electron chi connectivity index (χ3n) is 4.50. The highest BCUT2D eigenvalue weighted by Crippen LogP contribution is 2.38.